The van der Waals surface area contributed by atoms with Crippen LogP contribution in [0.4, 0.5) is 10.7 Å². The predicted octanol–water partition coefficient (Wildman–Crippen LogP) is 4.02. The lowest BCUT2D eigenvalue weighted by atomic mass is 10.1. The van der Waals surface area contributed by atoms with Gasteiger partial charge in [0.25, 0.3) is 5.91 Å². The van der Waals surface area contributed by atoms with Crippen LogP contribution in [0.25, 0.3) is 11.1 Å². The molecule has 3 aromatic rings. The van der Waals surface area contributed by atoms with Gasteiger partial charge in [0.1, 0.15) is 5.75 Å². The van der Waals surface area contributed by atoms with Crippen molar-refractivity contribution >= 4 is 33.8 Å². The number of carbonyl (C=O) groups is 2. The Labute approximate surface area is 197 Å². The molecule has 1 fully saturated rings. The van der Waals surface area contributed by atoms with Crippen LogP contribution in [0.1, 0.15) is 16.6 Å². The summed E-state index contributed by atoms with van der Waals surface area (Å²) in [7, 11) is 0. The summed E-state index contributed by atoms with van der Waals surface area (Å²) in [6, 6.07) is 19.1. The Hall–Kier alpha value is -3.36. The van der Waals surface area contributed by atoms with Gasteiger partial charge in [-0.1, -0.05) is 30.3 Å². The van der Waals surface area contributed by atoms with Gasteiger partial charge in [0, 0.05) is 24.3 Å². The second-order valence-corrected chi connectivity index (χ2v) is 8.51. The molecule has 0 unspecified atom stereocenters. The maximum Gasteiger partial charge on any atom is 0.261 e. The van der Waals surface area contributed by atoms with Crippen LogP contribution in [0.5, 0.6) is 5.75 Å². The third-order valence-electron chi connectivity index (χ3n) is 5.18. The van der Waals surface area contributed by atoms with Gasteiger partial charge in [-0.05, 0) is 42.8 Å². The Morgan fingerprint density at radius 2 is 1.79 bits per heavy atom. The third-order valence-corrected chi connectivity index (χ3v) is 6.37. The summed E-state index contributed by atoms with van der Waals surface area (Å²) >= 11 is 1.44. The number of rotatable bonds is 8. The number of benzene rings is 2. The fourth-order valence-corrected chi connectivity index (χ4v) is 4.72. The topological polar surface area (TPSA) is 79.9 Å². The summed E-state index contributed by atoms with van der Waals surface area (Å²) in [4.78, 5) is 28.0. The van der Waals surface area contributed by atoms with Gasteiger partial charge in [-0.2, -0.15) is 0 Å². The second-order valence-electron chi connectivity index (χ2n) is 7.48. The maximum absolute atomic E-state index is 12.9. The van der Waals surface area contributed by atoms with Crippen LogP contribution in [0.2, 0.25) is 0 Å². The number of morpholine rings is 1. The summed E-state index contributed by atoms with van der Waals surface area (Å²) < 4.78 is 10.9. The molecule has 0 radical (unpaired) electrons. The molecular weight excluding hydrogens is 438 g/mol. The molecule has 0 saturated carbocycles. The Morgan fingerprint density at radius 3 is 2.48 bits per heavy atom. The first-order chi connectivity index (χ1) is 16.1. The molecule has 0 aliphatic carbocycles. The molecule has 172 valence electrons. The van der Waals surface area contributed by atoms with E-state index in [0.717, 1.165) is 35.0 Å². The standard InChI is InChI=1S/C25H27N3O4S/c1-2-32-20-10-8-19(9-11-20)27-23(29)17-26-24(30)22-16-21(18-6-4-3-5-7-18)25(33-22)28-12-14-31-15-13-28/h3-11,16H,2,12-15,17H2,1H3,(H,26,30)(H,27,29). The first kappa shape index (κ1) is 22.8. The van der Waals surface area contributed by atoms with Gasteiger partial charge < -0.3 is 25.0 Å². The summed E-state index contributed by atoms with van der Waals surface area (Å²) in [5.74, 6) is 0.186. The highest BCUT2D eigenvalue weighted by Gasteiger charge is 2.22. The second kappa shape index (κ2) is 11.0. The summed E-state index contributed by atoms with van der Waals surface area (Å²) in [6.45, 7) is 5.28. The van der Waals surface area contributed by atoms with Crippen molar-refractivity contribution in [3.8, 4) is 16.9 Å². The molecule has 7 nitrogen and oxygen atoms in total. The lowest BCUT2D eigenvalue weighted by Gasteiger charge is -2.28. The molecular formula is C25H27N3O4S. The number of carbonyl (C=O) groups excluding carboxylic acids is 2. The van der Waals surface area contributed by atoms with Crippen LogP contribution in [0, 0.1) is 0 Å². The van der Waals surface area contributed by atoms with Crippen molar-refractivity contribution in [1.82, 2.24) is 5.32 Å². The highest BCUT2D eigenvalue weighted by molar-refractivity contribution is 7.18. The molecule has 2 heterocycles. The average molecular weight is 466 g/mol. The molecule has 8 heteroatoms. The van der Waals surface area contributed by atoms with E-state index >= 15 is 0 Å². The fraction of sp³-hybridized carbons (Fsp3) is 0.280. The van der Waals surface area contributed by atoms with Crippen molar-refractivity contribution in [2.75, 3.05) is 49.7 Å². The Morgan fingerprint density at radius 1 is 1.06 bits per heavy atom. The van der Waals surface area contributed by atoms with Gasteiger partial charge in [0.15, 0.2) is 0 Å². The van der Waals surface area contributed by atoms with Crippen LogP contribution in [0.3, 0.4) is 0 Å². The normalized spacial score (nSPS) is 13.4. The molecule has 0 atom stereocenters. The van der Waals surface area contributed by atoms with Crippen molar-refractivity contribution in [3.63, 3.8) is 0 Å². The van der Waals surface area contributed by atoms with Crippen LogP contribution in [-0.4, -0.2) is 51.3 Å². The number of ether oxygens (including phenoxy) is 2. The fourth-order valence-electron chi connectivity index (χ4n) is 3.57. The minimum atomic E-state index is -0.291. The molecule has 1 saturated heterocycles. The average Bonchev–Trinajstić information content (AvgIpc) is 3.31. The molecule has 4 rings (SSSR count). The number of amides is 2. The van der Waals surface area contributed by atoms with E-state index in [2.05, 4.69) is 15.5 Å². The number of hydrogen-bond acceptors (Lipinski definition) is 6. The van der Waals surface area contributed by atoms with Crippen LogP contribution >= 0.6 is 11.3 Å². The quantitative estimate of drug-likeness (QED) is 0.525. The van der Waals surface area contributed by atoms with Gasteiger partial charge in [0.05, 0.1) is 36.2 Å². The summed E-state index contributed by atoms with van der Waals surface area (Å²) in [5, 5.41) is 6.57. The zero-order valence-corrected chi connectivity index (χ0v) is 19.3. The summed E-state index contributed by atoms with van der Waals surface area (Å²) in [5.41, 5.74) is 2.73. The zero-order valence-electron chi connectivity index (χ0n) is 18.5. The molecule has 2 aromatic carbocycles. The van der Waals surface area contributed by atoms with E-state index in [1.54, 1.807) is 24.3 Å². The van der Waals surface area contributed by atoms with Crippen LogP contribution < -0.4 is 20.3 Å². The van der Waals surface area contributed by atoms with E-state index in [0.29, 0.717) is 30.4 Å². The van der Waals surface area contributed by atoms with Gasteiger partial charge in [0.2, 0.25) is 5.91 Å². The third kappa shape index (κ3) is 5.91. The molecule has 2 N–H and O–H groups in total. The monoisotopic (exact) mass is 465 g/mol. The smallest absolute Gasteiger partial charge is 0.261 e. The van der Waals surface area contributed by atoms with E-state index < -0.39 is 0 Å². The maximum atomic E-state index is 12.9. The van der Waals surface area contributed by atoms with E-state index in [1.165, 1.54) is 11.3 Å². The Kier molecular flexibility index (Phi) is 7.59. The number of hydrogen-bond donors (Lipinski definition) is 2. The minimum absolute atomic E-state index is 0.114. The van der Waals surface area contributed by atoms with Crippen molar-refractivity contribution < 1.29 is 19.1 Å². The molecule has 1 aliphatic heterocycles. The van der Waals surface area contributed by atoms with Crippen molar-refractivity contribution in [3.05, 3.63) is 65.5 Å². The molecule has 1 aromatic heterocycles. The number of nitrogens with zero attached hydrogens (tertiary/aromatic N) is 1. The van der Waals surface area contributed by atoms with E-state index in [4.69, 9.17) is 9.47 Å². The van der Waals surface area contributed by atoms with E-state index in [9.17, 15) is 9.59 Å². The SMILES string of the molecule is CCOc1ccc(NC(=O)CNC(=O)c2cc(-c3ccccc3)c(N3CCOCC3)s2)cc1. The number of thiophene rings is 1. The van der Waals surface area contributed by atoms with Gasteiger partial charge >= 0.3 is 0 Å². The van der Waals surface area contributed by atoms with E-state index in [-0.39, 0.29) is 18.4 Å². The largest absolute Gasteiger partial charge is 0.494 e. The highest BCUT2D eigenvalue weighted by Crippen LogP contribution is 2.39. The molecule has 33 heavy (non-hydrogen) atoms. The summed E-state index contributed by atoms with van der Waals surface area (Å²) in [6.07, 6.45) is 0. The Bertz CT molecular complexity index is 1080. The number of anilines is 2. The van der Waals surface area contributed by atoms with E-state index in [1.807, 2.05) is 43.3 Å². The van der Waals surface area contributed by atoms with Crippen molar-refractivity contribution in [2.45, 2.75) is 6.92 Å². The van der Waals surface area contributed by atoms with Gasteiger partial charge in [-0.15, -0.1) is 11.3 Å². The molecule has 0 spiro atoms. The first-order valence-corrected chi connectivity index (χ1v) is 11.8. The molecule has 1 aliphatic rings. The molecule has 0 bridgehead atoms. The highest BCUT2D eigenvalue weighted by atomic mass is 32.1. The predicted molar refractivity (Wildman–Crippen MR) is 131 cm³/mol. The van der Waals surface area contributed by atoms with Gasteiger partial charge in [-0.3, -0.25) is 9.59 Å². The zero-order chi connectivity index (χ0) is 23.0. The Balaban J connectivity index is 1.42. The lowest BCUT2D eigenvalue weighted by Crippen LogP contribution is -2.36. The van der Waals surface area contributed by atoms with Crippen molar-refractivity contribution in [2.24, 2.45) is 0 Å². The van der Waals surface area contributed by atoms with Crippen molar-refractivity contribution in [1.29, 1.82) is 0 Å². The van der Waals surface area contributed by atoms with Gasteiger partial charge in [-0.25, -0.2) is 0 Å². The minimum Gasteiger partial charge on any atom is -0.494 e. The van der Waals surface area contributed by atoms with Crippen LogP contribution in [-0.2, 0) is 9.53 Å². The lowest BCUT2D eigenvalue weighted by molar-refractivity contribution is -0.115. The molecule has 2 amide bonds. The first-order valence-electron chi connectivity index (χ1n) is 11.0. The number of nitrogens with one attached hydrogen (secondary N) is 2. The van der Waals surface area contributed by atoms with Crippen LogP contribution in [0.15, 0.2) is 60.7 Å².